The van der Waals surface area contributed by atoms with Gasteiger partial charge in [-0.2, -0.15) is 0 Å². The highest BCUT2D eigenvalue weighted by Crippen LogP contribution is 2.90. The lowest BCUT2D eigenvalue weighted by molar-refractivity contribution is -0.252. The number of nitrogens with one attached hydrogen (secondary N) is 1. The third-order valence-corrected chi connectivity index (χ3v) is 15.7. The Hall–Kier alpha value is -0.830. The molecule has 2 saturated heterocycles. The second-order valence-electron chi connectivity index (χ2n) is 18.4. The van der Waals surface area contributed by atoms with E-state index in [2.05, 4.69) is 26.1 Å². The van der Waals surface area contributed by atoms with E-state index in [1.54, 1.807) is 27.7 Å². The number of hydrogen-bond acceptors (Lipinski definition) is 6. The van der Waals surface area contributed by atoms with E-state index in [1.165, 1.54) is 0 Å². The van der Waals surface area contributed by atoms with Crippen LogP contribution in [0.25, 0.3) is 0 Å². The van der Waals surface area contributed by atoms with Crippen LogP contribution in [0.4, 0.5) is 8.78 Å². The highest BCUT2D eigenvalue weighted by atomic mass is 19.3. The van der Waals surface area contributed by atoms with Crippen molar-refractivity contribution in [1.82, 2.24) is 5.32 Å². The molecule has 5 saturated carbocycles. The molecule has 0 aromatic heterocycles. The fourth-order valence-corrected chi connectivity index (χ4v) is 13.5. The third kappa shape index (κ3) is 3.98. The molecule has 3 N–H and O–H groups in total. The Bertz CT molecular complexity index is 1200. The van der Waals surface area contributed by atoms with Crippen LogP contribution in [0.5, 0.6) is 0 Å². The predicted molar refractivity (Wildman–Crippen MR) is 163 cm³/mol. The van der Waals surface area contributed by atoms with E-state index in [4.69, 9.17) is 9.47 Å². The quantitative estimate of drug-likeness (QED) is 0.308. The van der Waals surface area contributed by atoms with E-state index in [1.807, 2.05) is 0 Å². The van der Waals surface area contributed by atoms with Crippen LogP contribution in [0, 0.1) is 44.8 Å². The Kier molecular flexibility index (Phi) is 6.79. The van der Waals surface area contributed by atoms with Crippen LogP contribution >= 0.6 is 0 Å². The highest BCUT2D eigenvalue weighted by Gasteiger charge is 2.86. The number of rotatable bonds is 5. The maximum absolute atomic E-state index is 15.8. The minimum absolute atomic E-state index is 0.0582. The van der Waals surface area contributed by atoms with Crippen molar-refractivity contribution in [2.45, 2.75) is 167 Å². The van der Waals surface area contributed by atoms with Gasteiger partial charge in [0.1, 0.15) is 6.10 Å². The van der Waals surface area contributed by atoms with Crippen molar-refractivity contribution in [3.05, 3.63) is 0 Å². The summed E-state index contributed by atoms with van der Waals surface area (Å²) >= 11 is 0. The molecule has 250 valence electrons. The van der Waals surface area contributed by atoms with E-state index in [0.29, 0.717) is 19.3 Å². The van der Waals surface area contributed by atoms with Gasteiger partial charge >= 0.3 is 5.97 Å². The van der Waals surface area contributed by atoms with Crippen molar-refractivity contribution >= 4 is 5.97 Å². The zero-order valence-electron chi connectivity index (χ0n) is 28.1. The second-order valence-corrected chi connectivity index (χ2v) is 18.4. The minimum atomic E-state index is -2.82. The van der Waals surface area contributed by atoms with Gasteiger partial charge in [-0.3, -0.25) is 4.79 Å². The predicted octanol–water partition coefficient (Wildman–Crippen LogP) is 6.40. The number of fused-ring (bicyclic) bond motifs is 2. The van der Waals surface area contributed by atoms with Gasteiger partial charge in [-0.25, -0.2) is 8.78 Å². The van der Waals surface area contributed by atoms with E-state index in [9.17, 15) is 15.0 Å². The number of hydrogen-bond donors (Lipinski definition) is 3. The topological polar surface area (TPSA) is 88.0 Å². The summed E-state index contributed by atoms with van der Waals surface area (Å²) in [4.78, 5) is 13.5. The number of aliphatic hydroxyl groups excluding tert-OH is 1. The van der Waals surface area contributed by atoms with Gasteiger partial charge in [0.05, 0.1) is 29.8 Å². The molecule has 2 spiro atoms. The maximum atomic E-state index is 15.8. The molecule has 0 aromatic carbocycles. The number of alkyl halides is 2. The van der Waals surface area contributed by atoms with E-state index >= 15 is 8.78 Å². The summed E-state index contributed by atoms with van der Waals surface area (Å²) in [6.45, 7) is 14.8. The molecule has 7 aliphatic rings. The van der Waals surface area contributed by atoms with E-state index in [-0.39, 0.29) is 70.4 Å². The summed E-state index contributed by atoms with van der Waals surface area (Å²) in [5, 5.41) is 26.2. The number of ether oxygens (including phenoxy) is 2. The number of carbonyl (C=O) groups excluding carboxylic acids is 1. The summed E-state index contributed by atoms with van der Waals surface area (Å²) in [5.74, 6) is -3.39. The Balaban J connectivity index is 1.24. The first-order valence-corrected chi connectivity index (χ1v) is 17.7. The van der Waals surface area contributed by atoms with Gasteiger partial charge in [-0.15, -0.1) is 0 Å². The molecule has 44 heavy (non-hydrogen) atoms. The van der Waals surface area contributed by atoms with Gasteiger partial charge in [-0.1, -0.05) is 27.7 Å². The zero-order valence-corrected chi connectivity index (χ0v) is 28.1. The lowest BCUT2D eigenvalue weighted by Crippen LogP contribution is -2.64. The first-order chi connectivity index (χ1) is 20.3. The molecule has 0 amide bonds. The normalized spacial score (nSPS) is 53.8. The zero-order chi connectivity index (χ0) is 31.9. The molecule has 0 radical (unpaired) electrons. The van der Waals surface area contributed by atoms with Crippen LogP contribution in [0.3, 0.4) is 0 Å². The van der Waals surface area contributed by atoms with Gasteiger partial charge in [0.2, 0.25) is 0 Å². The number of carbonyl (C=O) groups is 1. The van der Waals surface area contributed by atoms with E-state index < -0.39 is 34.7 Å². The summed E-state index contributed by atoms with van der Waals surface area (Å²) in [5.41, 5.74) is -3.60. The van der Waals surface area contributed by atoms with Crippen LogP contribution in [0.2, 0.25) is 0 Å². The fraction of sp³-hybridized carbons (Fsp3) is 0.972. The Morgan fingerprint density at radius 1 is 0.977 bits per heavy atom. The molecule has 12 atom stereocenters. The van der Waals surface area contributed by atoms with Crippen LogP contribution < -0.4 is 5.32 Å². The molecule has 2 heterocycles. The molecule has 6 nitrogen and oxygen atoms in total. The third-order valence-electron chi connectivity index (χ3n) is 15.7. The Morgan fingerprint density at radius 2 is 1.68 bits per heavy atom. The largest absolute Gasteiger partial charge is 0.462 e. The van der Waals surface area contributed by atoms with Crippen molar-refractivity contribution in [3.63, 3.8) is 0 Å². The van der Waals surface area contributed by atoms with Crippen LogP contribution in [-0.2, 0) is 14.3 Å². The summed E-state index contributed by atoms with van der Waals surface area (Å²) in [6.07, 6.45) is 6.83. The number of halogens is 2. The highest BCUT2D eigenvalue weighted by molar-refractivity contribution is 5.70. The van der Waals surface area contributed by atoms with Crippen molar-refractivity contribution in [1.29, 1.82) is 0 Å². The summed E-state index contributed by atoms with van der Waals surface area (Å²) in [6, 6.07) is 0.0991. The molecule has 8 heteroatoms. The van der Waals surface area contributed by atoms with Crippen molar-refractivity contribution in [3.8, 4) is 0 Å². The van der Waals surface area contributed by atoms with E-state index in [0.717, 1.165) is 51.5 Å². The lowest BCUT2D eigenvalue weighted by atomic mass is 9.41. The number of aliphatic hydroxyl groups is 2. The average molecular weight is 622 g/mol. The fourth-order valence-electron chi connectivity index (χ4n) is 13.5. The van der Waals surface area contributed by atoms with Crippen LogP contribution in [0.15, 0.2) is 0 Å². The van der Waals surface area contributed by atoms with Gasteiger partial charge in [0, 0.05) is 29.7 Å². The second kappa shape index (κ2) is 9.41. The Labute approximate surface area is 262 Å². The molecular formula is C36H57F2NO5. The lowest BCUT2D eigenvalue weighted by Gasteiger charge is -2.65. The van der Waals surface area contributed by atoms with Crippen LogP contribution in [0.1, 0.15) is 126 Å². The Morgan fingerprint density at radius 3 is 2.32 bits per heavy atom. The van der Waals surface area contributed by atoms with Gasteiger partial charge in [-0.05, 0) is 119 Å². The number of esters is 1. The van der Waals surface area contributed by atoms with Crippen LogP contribution in [-0.4, -0.2) is 64.2 Å². The summed E-state index contributed by atoms with van der Waals surface area (Å²) in [7, 11) is 0. The van der Waals surface area contributed by atoms with Crippen molar-refractivity contribution in [2.24, 2.45) is 44.8 Å². The maximum Gasteiger partial charge on any atom is 0.307 e. The molecule has 0 aromatic rings. The molecule has 7 rings (SSSR count). The standard InChI is InChI=1S/C36H57F2NO5/c1-29(2)28-23(43-26(41)17-21-9-8-16-39-21)18-24-32(6)19-22(40)27(33(7)11-10-25(44-33)30(3,4)42)31(32,5)12-13-34(24)20-35(28,34)14-15-36(29,37)38/h21-25,27-28,39-40,42H,8-20H2,1-7H3/t21-,22+,23?,24+,25+,27+,28+,31-,32+,33+,34+,35-/m1/s1. The average Bonchev–Trinajstić information content (AvgIpc) is 3.22. The van der Waals surface area contributed by atoms with Crippen molar-refractivity contribution < 1.29 is 33.3 Å². The molecule has 5 aliphatic carbocycles. The van der Waals surface area contributed by atoms with Gasteiger partial charge < -0.3 is 25.0 Å². The smallest absolute Gasteiger partial charge is 0.307 e. The monoisotopic (exact) mass is 621 g/mol. The van der Waals surface area contributed by atoms with Gasteiger partial charge in [0.15, 0.2) is 0 Å². The first-order valence-electron chi connectivity index (χ1n) is 17.7. The molecule has 7 fully saturated rings. The van der Waals surface area contributed by atoms with Gasteiger partial charge in [0.25, 0.3) is 5.92 Å². The molecule has 2 aliphatic heterocycles. The van der Waals surface area contributed by atoms with Crippen molar-refractivity contribution in [2.75, 3.05) is 6.54 Å². The molecule has 0 bridgehead atoms. The SMILES string of the molecule is CC(C)(O)[C@@H]1CC[C@@](C)([C@H]2[C@@H](O)C[C@@]3(C)[C@@H]4CC(OC(=O)C[C@H]5CCCN5)[C@H]5C(C)(C)C(F)(F)CC[C@@]56C[C@@]46CC[C@]23C)O1. The minimum Gasteiger partial charge on any atom is -0.462 e. The molecular weight excluding hydrogens is 564 g/mol. The molecule has 1 unspecified atom stereocenters. The summed E-state index contributed by atoms with van der Waals surface area (Å²) < 4.78 is 44.7. The first kappa shape index (κ1) is 31.8.